The monoisotopic (exact) mass is 155 g/mol. The molecular weight excluding hydrogens is 138 g/mol. The van der Waals surface area contributed by atoms with Crippen molar-refractivity contribution in [2.24, 2.45) is 5.41 Å². The minimum absolute atomic E-state index is 0.267. The molecule has 0 spiro atoms. The van der Waals surface area contributed by atoms with Crippen molar-refractivity contribution < 1.29 is 5.21 Å². The van der Waals surface area contributed by atoms with Crippen molar-refractivity contribution in [3.05, 3.63) is 11.3 Å². The van der Waals surface area contributed by atoms with E-state index in [2.05, 4.69) is 20.8 Å². The van der Waals surface area contributed by atoms with E-state index in [0.29, 0.717) is 0 Å². The summed E-state index contributed by atoms with van der Waals surface area (Å²) < 4.78 is 0. The first-order valence-electron chi connectivity index (χ1n) is 4.09. The largest absolute Gasteiger partial charge is 0.289 e. The van der Waals surface area contributed by atoms with Crippen LogP contribution in [0.15, 0.2) is 11.3 Å². The molecule has 0 fully saturated rings. The summed E-state index contributed by atoms with van der Waals surface area (Å²) in [5.74, 6) is 0. The van der Waals surface area contributed by atoms with Gasteiger partial charge in [-0.3, -0.25) is 10.3 Å². The molecule has 0 saturated heterocycles. The molecule has 0 aliphatic carbocycles. The van der Waals surface area contributed by atoms with Gasteiger partial charge in [-0.25, -0.2) is 0 Å². The van der Waals surface area contributed by atoms with E-state index >= 15 is 0 Å². The topological polar surface area (TPSA) is 23.5 Å². The maximum Gasteiger partial charge on any atom is 0.0457 e. The van der Waals surface area contributed by atoms with Crippen LogP contribution in [0.4, 0.5) is 0 Å². The second-order valence-corrected chi connectivity index (χ2v) is 3.97. The zero-order valence-electron chi connectivity index (χ0n) is 7.81. The minimum atomic E-state index is 0.267. The SMILES string of the molecule is CC1=C(C)C(C)(C)CCN1O. The molecule has 0 amide bonds. The van der Waals surface area contributed by atoms with Gasteiger partial charge in [0.15, 0.2) is 0 Å². The van der Waals surface area contributed by atoms with Crippen LogP contribution in [-0.4, -0.2) is 16.8 Å². The Morgan fingerprint density at radius 1 is 1.36 bits per heavy atom. The van der Waals surface area contributed by atoms with Crippen LogP contribution in [0.25, 0.3) is 0 Å². The molecule has 1 aliphatic heterocycles. The number of rotatable bonds is 0. The summed E-state index contributed by atoms with van der Waals surface area (Å²) in [6.45, 7) is 9.27. The lowest BCUT2D eigenvalue weighted by atomic mass is 9.79. The van der Waals surface area contributed by atoms with Gasteiger partial charge in [0, 0.05) is 12.2 Å². The summed E-state index contributed by atoms with van der Waals surface area (Å²) in [4.78, 5) is 0. The summed E-state index contributed by atoms with van der Waals surface area (Å²) in [5, 5.41) is 10.7. The van der Waals surface area contributed by atoms with Gasteiger partial charge in [-0.05, 0) is 31.3 Å². The van der Waals surface area contributed by atoms with Crippen molar-refractivity contribution >= 4 is 0 Å². The molecule has 0 unspecified atom stereocenters. The fourth-order valence-electron chi connectivity index (χ4n) is 1.42. The van der Waals surface area contributed by atoms with Crippen LogP contribution in [0.5, 0.6) is 0 Å². The number of hydroxylamine groups is 2. The first kappa shape index (κ1) is 8.60. The lowest BCUT2D eigenvalue weighted by Crippen LogP contribution is -2.32. The van der Waals surface area contributed by atoms with Crippen LogP contribution >= 0.6 is 0 Å². The van der Waals surface area contributed by atoms with Crippen LogP contribution < -0.4 is 0 Å². The highest BCUT2D eigenvalue weighted by Crippen LogP contribution is 2.36. The van der Waals surface area contributed by atoms with Crippen LogP contribution in [0.3, 0.4) is 0 Å². The van der Waals surface area contributed by atoms with Crippen LogP contribution in [0.2, 0.25) is 0 Å². The second-order valence-electron chi connectivity index (χ2n) is 3.97. The van der Waals surface area contributed by atoms with Crippen molar-refractivity contribution in [1.82, 2.24) is 5.06 Å². The standard InChI is InChI=1S/C9H17NO/c1-7-8(2)10(11)6-5-9(7,3)4/h11H,5-6H2,1-4H3. The maximum absolute atomic E-state index is 9.36. The molecule has 2 nitrogen and oxygen atoms in total. The van der Waals surface area contributed by atoms with Gasteiger partial charge < -0.3 is 0 Å². The van der Waals surface area contributed by atoms with Crippen molar-refractivity contribution in [3.63, 3.8) is 0 Å². The first-order chi connectivity index (χ1) is 4.95. The zero-order valence-corrected chi connectivity index (χ0v) is 7.81. The summed E-state index contributed by atoms with van der Waals surface area (Å²) in [6.07, 6.45) is 1.03. The Bertz CT molecular complexity index is 194. The Hall–Kier alpha value is -0.500. The Morgan fingerprint density at radius 2 is 1.91 bits per heavy atom. The minimum Gasteiger partial charge on any atom is -0.289 e. The Balaban J connectivity index is 2.97. The van der Waals surface area contributed by atoms with E-state index < -0.39 is 0 Å². The van der Waals surface area contributed by atoms with E-state index in [9.17, 15) is 5.21 Å². The Kier molecular flexibility index (Phi) is 1.97. The fourth-order valence-corrected chi connectivity index (χ4v) is 1.42. The molecule has 0 aromatic heterocycles. The van der Waals surface area contributed by atoms with Crippen LogP contribution in [0.1, 0.15) is 34.1 Å². The number of hydrogen-bond acceptors (Lipinski definition) is 2. The molecule has 2 heteroatoms. The molecule has 0 radical (unpaired) electrons. The van der Waals surface area contributed by atoms with Crippen molar-refractivity contribution in [2.45, 2.75) is 34.1 Å². The Labute approximate surface area is 68.5 Å². The predicted octanol–water partition coefficient (Wildman–Crippen LogP) is 2.40. The first-order valence-corrected chi connectivity index (χ1v) is 4.09. The highest BCUT2D eigenvalue weighted by Gasteiger charge is 2.28. The highest BCUT2D eigenvalue weighted by molar-refractivity contribution is 5.18. The third-order valence-electron chi connectivity index (χ3n) is 2.89. The summed E-state index contributed by atoms with van der Waals surface area (Å²) >= 11 is 0. The normalized spacial score (nSPS) is 24.3. The lowest BCUT2D eigenvalue weighted by molar-refractivity contribution is -0.0718. The molecule has 1 N–H and O–H groups in total. The van der Waals surface area contributed by atoms with Crippen LogP contribution in [0, 0.1) is 5.41 Å². The molecule has 1 aliphatic rings. The van der Waals surface area contributed by atoms with Gasteiger partial charge in [-0.15, -0.1) is 0 Å². The van der Waals surface area contributed by atoms with Gasteiger partial charge in [-0.2, -0.15) is 0 Å². The van der Waals surface area contributed by atoms with E-state index in [1.165, 1.54) is 10.6 Å². The van der Waals surface area contributed by atoms with Gasteiger partial charge in [0.1, 0.15) is 0 Å². The molecular formula is C9H17NO. The molecule has 1 heterocycles. The van der Waals surface area contributed by atoms with Gasteiger partial charge in [0.25, 0.3) is 0 Å². The van der Waals surface area contributed by atoms with E-state index in [4.69, 9.17) is 0 Å². The molecule has 64 valence electrons. The molecule has 1 rings (SSSR count). The zero-order chi connectivity index (χ0) is 8.65. The van der Waals surface area contributed by atoms with Gasteiger partial charge >= 0.3 is 0 Å². The van der Waals surface area contributed by atoms with Crippen molar-refractivity contribution in [3.8, 4) is 0 Å². The van der Waals surface area contributed by atoms with Gasteiger partial charge in [-0.1, -0.05) is 13.8 Å². The van der Waals surface area contributed by atoms with Crippen molar-refractivity contribution in [1.29, 1.82) is 0 Å². The average Bonchev–Trinajstić information content (AvgIpc) is 1.95. The highest BCUT2D eigenvalue weighted by atomic mass is 16.5. The maximum atomic E-state index is 9.36. The molecule has 0 aromatic carbocycles. The van der Waals surface area contributed by atoms with Gasteiger partial charge in [0.2, 0.25) is 0 Å². The summed E-state index contributed by atoms with van der Waals surface area (Å²) in [7, 11) is 0. The molecule has 11 heavy (non-hydrogen) atoms. The van der Waals surface area contributed by atoms with Crippen molar-refractivity contribution in [2.75, 3.05) is 6.54 Å². The fraction of sp³-hybridized carbons (Fsp3) is 0.778. The van der Waals surface area contributed by atoms with Gasteiger partial charge in [0.05, 0.1) is 0 Å². The second kappa shape index (κ2) is 2.52. The quantitative estimate of drug-likeness (QED) is 0.580. The van der Waals surface area contributed by atoms with E-state index in [-0.39, 0.29) is 5.41 Å². The Morgan fingerprint density at radius 3 is 2.36 bits per heavy atom. The summed E-state index contributed by atoms with van der Waals surface area (Å²) in [6, 6.07) is 0. The summed E-state index contributed by atoms with van der Waals surface area (Å²) in [5.41, 5.74) is 2.58. The number of nitrogens with zero attached hydrogens (tertiary/aromatic N) is 1. The number of allylic oxidation sites excluding steroid dienone is 2. The predicted molar refractivity (Wildman–Crippen MR) is 45.3 cm³/mol. The average molecular weight is 155 g/mol. The molecule has 0 saturated carbocycles. The lowest BCUT2D eigenvalue weighted by Gasteiger charge is -2.36. The smallest absolute Gasteiger partial charge is 0.0457 e. The van der Waals surface area contributed by atoms with E-state index in [0.717, 1.165) is 18.7 Å². The molecule has 0 atom stereocenters. The molecule has 0 bridgehead atoms. The molecule has 0 aromatic rings. The third kappa shape index (κ3) is 1.41. The number of hydrogen-bond donors (Lipinski definition) is 1. The van der Waals surface area contributed by atoms with E-state index in [1.807, 2.05) is 6.92 Å². The van der Waals surface area contributed by atoms with Crippen LogP contribution in [-0.2, 0) is 0 Å². The third-order valence-corrected chi connectivity index (χ3v) is 2.89. The van der Waals surface area contributed by atoms with E-state index in [1.54, 1.807) is 0 Å².